The average Bonchev–Trinajstić information content (AvgIpc) is 2.59. The lowest BCUT2D eigenvalue weighted by atomic mass is 10.0. The molecule has 1 saturated heterocycles. The molecule has 2 aliphatic rings. The van der Waals surface area contributed by atoms with Crippen LogP contribution in [0, 0.1) is 0 Å². The fraction of sp³-hybridized carbons (Fsp3) is 0.556. The lowest BCUT2D eigenvalue weighted by Gasteiger charge is -2.40. The SMILES string of the molecule is O=C(NCC(=O)N1CC(S(=O)(=O)C2CCCCC2)C1)c1ccccc1. The van der Waals surface area contributed by atoms with E-state index in [0.29, 0.717) is 5.56 Å². The second-order valence-corrected chi connectivity index (χ2v) is 9.33. The van der Waals surface area contributed by atoms with Gasteiger partial charge in [0, 0.05) is 18.7 Å². The van der Waals surface area contributed by atoms with Crippen molar-refractivity contribution < 1.29 is 18.0 Å². The van der Waals surface area contributed by atoms with Crippen molar-refractivity contribution in [3.05, 3.63) is 35.9 Å². The van der Waals surface area contributed by atoms with Crippen LogP contribution in [0.4, 0.5) is 0 Å². The third kappa shape index (κ3) is 4.03. The first-order chi connectivity index (χ1) is 12.0. The van der Waals surface area contributed by atoms with Gasteiger partial charge < -0.3 is 10.2 Å². The smallest absolute Gasteiger partial charge is 0.251 e. The summed E-state index contributed by atoms with van der Waals surface area (Å²) >= 11 is 0. The summed E-state index contributed by atoms with van der Waals surface area (Å²) in [5, 5.41) is 1.91. The lowest BCUT2D eigenvalue weighted by Crippen LogP contribution is -2.60. The van der Waals surface area contributed by atoms with Crippen molar-refractivity contribution in [1.29, 1.82) is 0 Å². The minimum atomic E-state index is -3.15. The van der Waals surface area contributed by atoms with E-state index in [1.54, 1.807) is 24.3 Å². The molecule has 0 spiro atoms. The van der Waals surface area contributed by atoms with Gasteiger partial charge in [0.05, 0.1) is 17.0 Å². The number of likely N-dealkylation sites (tertiary alicyclic amines) is 1. The predicted octanol–water partition coefficient (Wildman–Crippen LogP) is 1.37. The van der Waals surface area contributed by atoms with Crippen molar-refractivity contribution in [2.45, 2.75) is 42.6 Å². The number of nitrogens with one attached hydrogen (secondary N) is 1. The molecule has 6 nitrogen and oxygen atoms in total. The maximum absolute atomic E-state index is 12.6. The van der Waals surface area contributed by atoms with Gasteiger partial charge in [-0.05, 0) is 25.0 Å². The summed E-state index contributed by atoms with van der Waals surface area (Å²) in [4.78, 5) is 25.6. The van der Waals surface area contributed by atoms with Crippen LogP contribution in [-0.4, -0.2) is 55.3 Å². The highest BCUT2D eigenvalue weighted by Crippen LogP contribution is 2.29. The zero-order chi connectivity index (χ0) is 17.9. The number of rotatable bonds is 5. The van der Waals surface area contributed by atoms with Crippen molar-refractivity contribution >= 4 is 21.7 Å². The largest absolute Gasteiger partial charge is 0.343 e. The van der Waals surface area contributed by atoms with E-state index in [2.05, 4.69) is 5.32 Å². The second kappa shape index (κ2) is 7.56. The first-order valence-electron chi connectivity index (χ1n) is 8.82. The maximum Gasteiger partial charge on any atom is 0.251 e. The van der Waals surface area contributed by atoms with Crippen LogP contribution in [0.2, 0.25) is 0 Å². The van der Waals surface area contributed by atoms with E-state index in [1.807, 2.05) is 6.07 Å². The molecule has 2 fully saturated rings. The van der Waals surface area contributed by atoms with Crippen LogP contribution in [0.5, 0.6) is 0 Å². The minimum Gasteiger partial charge on any atom is -0.343 e. The fourth-order valence-corrected chi connectivity index (χ4v) is 5.78. The third-order valence-electron chi connectivity index (χ3n) is 5.12. The molecule has 1 aliphatic heterocycles. The quantitative estimate of drug-likeness (QED) is 0.855. The van der Waals surface area contributed by atoms with Gasteiger partial charge in [0.25, 0.3) is 5.91 Å². The molecule has 136 valence electrons. The topological polar surface area (TPSA) is 83.6 Å². The number of nitrogens with zero attached hydrogens (tertiary/aromatic N) is 1. The standard InChI is InChI=1S/C18H24N2O4S/c21-17(11-19-18(22)14-7-3-1-4-8-14)20-12-16(13-20)25(23,24)15-9-5-2-6-10-15/h1,3-4,7-8,15-16H,2,5-6,9-13H2,(H,19,22). The molecule has 25 heavy (non-hydrogen) atoms. The average molecular weight is 364 g/mol. The monoisotopic (exact) mass is 364 g/mol. The molecule has 0 aromatic heterocycles. The number of hydrogen-bond donors (Lipinski definition) is 1. The highest BCUT2D eigenvalue weighted by Gasteiger charge is 2.43. The van der Waals surface area contributed by atoms with Gasteiger partial charge in [-0.3, -0.25) is 9.59 Å². The Kier molecular flexibility index (Phi) is 5.42. The molecule has 2 amide bonds. The first-order valence-corrected chi connectivity index (χ1v) is 10.4. The van der Waals surface area contributed by atoms with E-state index < -0.39 is 15.1 Å². The Morgan fingerprint density at radius 3 is 2.28 bits per heavy atom. The van der Waals surface area contributed by atoms with E-state index >= 15 is 0 Å². The molecule has 1 N–H and O–H groups in total. The molecule has 0 bridgehead atoms. The van der Waals surface area contributed by atoms with Gasteiger partial charge in [0.1, 0.15) is 0 Å². The van der Waals surface area contributed by atoms with E-state index in [9.17, 15) is 18.0 Å². The van der Waals surface area contributed by atoms with Crippen LogP contribution in [0.15, 0.2) is 30.3 Å². The van der Waals surface area contributed by atoms with Crippen LogP contribution in [0.25, 0.3) is 0 Å². The molecular weight excluding hydrogens is 340 g/mol. The van der Waals surface area contributed by atoms with E-state index in [-0.39, 0.29) is 36.7 Å². The van der Waals surface area contributed by atoms with Crippen LogP contribution < -0.4 is 5.32 Å². The highest BCUT2D eigenvalue weighted by molar-refractivity contribution is 7.92. The molecule has 3 rings (SSSR count). The summed E-state index contributed by atoms with van der Waals surface area (Å²) in [6.07, 6.45) is 4.57. The summed E-state index contributed by atoms with van der Waals surface area (Å²) in [7, 11) is -3.15. The van der Waals surface area contributed by atoms with Gasteiger partial charge in [0.2, 0.25) is 5.91 Å². The number of carbonyl (C=O) groups is 2. The Hall–Kier alpha value is -1.89. The second-order valence-electron chi connectivity index (χ2n) is 6.82. The number of sulfone groups is 1. The Morgan fingerprint density at radius 2 is 1.64 bits per heavy atom. The summed E-state index contributed by atoms with van der Waals surface area (Å²) in [5.74, 6) is -0.541. The number of carbonyl (C=O) groups excluding carboxylic acids is 2. The number of benzene rings is 1. The van der Waals surface area contributed by atoms with Crippen molar-refractivity contribution in [2.75, 3.05) is 19.6 Å². The number of hydrogen-bond acceptors (Lipinski definition) is 4. The van der Waals surface area contributed by atoms with E-state index in [4.69, 9.17) is 0 Å². The van der Waals surface area contributed by atoms with Gasteiger partial charge in [-0.15, -0.1) is 0 Å². The maximum atomic E-state index is 12.6. The molecule has 0 unspecified atom stereocenters. The zero-order valence-corrected chi connectivity index (χ0v) is 15.0. The summed E-state index contributed by atoms with van der Waals surface area (Å²) in [5.41, 5.74) is 0.497. The van der Waals surface area contributed by atoms with Crippen molar-refractivity contribution in [2.24, 2.45) is 0 Å². The Balaban J connectivity index is 1.46. The van der Waals surface area contributed by atoms with Crippen LogP contribution in [-0.2, 0) is 14.6 Å². The molecule has 1 aromatic rings. The number of amides is 2. The first kappa shape index (κ1) is 17.9. The van der Waals surface area contributed by atoms with Crippen molar-refractivity contribution in [3.63, 3.8) is 0 Å². The van der Waals surface area contributed by atoms with Gasteiger partial charge in [-0.1, -0.05) is 37.5 Å². The van der Waals surface area contributed by atoms with E-state index in [1.165, 1.54) is 4.90 Å². The zero-order valence-electron chi connectivity index (χ0n) is 14.2. The third-order valence-corrected chi connectivity index (χ3v) is 7.75. The molecule has 7 heteroatoms. The van der Waals surface area contributed by atoms with E-state index in [0.717, 1.165) is 32.1 Å². The Labute approximate surface area is 148 Å². The Bertz CT molecular complexity index is 721. The highest BCUT2D eigenvalue weighted by atomic mass is 32.2. The molecule has 0 radical (unpaired) electrons. The normalized spacial score (nSPS) is 19.3. The molecule has 1 aliphatic carbocycles. The molecular formula is C18H24N2O4S. The van der Waals surface area contributed by atoms with Gasteiger partial charge >= 0.3 is 0 Å². The van der Waals surface area contributed by atoms with Gasteiger partial charge in [-0.2, -0.15) is 0 Å². The van der Waals surface area contributed by atoms with Crippen molar-refractivity contribution in [1.82, 2.24) is 10.2 Å². The lowest BCUT2D eigenvalue weighted by molar-refractivity contribution is -0.133. The molecule has 0 atom stereocenters. The van der Waals surface area contributed by atoms with Crippen molar-refractivity contribution in [3.8, 4) is 0 Å². The summed E-state index contributed by atoms with van der Waals surface area (Å²) in [6, 6.07) is 8.68. The van der Waals surface area contributed by atoms with Crippen LogP contribution >= 0.6 is 0 Å². The van der Waals surface area contributed by atoms with Crippen LogP contribution in [0.3, 0.4) is 0 Å². The molecule has 1 saturated carbocycles. The van der Waals surface area contributed by atoms with Gasteiger partial charge in [-0.25, -0.2) is 8.42 Å². The van der Waals surface area contributed by atoms with Crippen LogP contribution in [0.1, 0.15) is 42.5 Å². The fourth-order valence-electron chi connectivity index (χ4n) is 3.47. The molecule has 1 heterocycles. The Morgan fingerprint density at radius 1 is 1.00 bits per heavy atom. The summed E-state index contributed by atoms with van der Waals surface area (Å²) < 4.78 is 25.2. The predicted molar refractivity (Wildman–Crippen MR) is 94.9 cm³/mol. The van der Waals surface area contributed by atoms with Gasteiger partial charge in [0.15, 0.2) is 9.84 Å². The minimum absolute atomic E-state index is 0.107. The molecule has 1 aromatic carbocycles. The summed E-state index contributed by atoms with van der Waals surface area (Å²) in [6.45, 7) is 0.391.